The van der Waals surface area contributed by atoms with Gasteiger partial charge in [0.05, 0.1) is 0 Å². The summed E-state index contributed by atoms with van der Waals surface area (Å²) in [6, 6.07) is 10.7. The van der Waals surface area contributed by atoms with Crippen LogP contribution in [-0.2, 0) is 6.42 Å². The molecule has 0 saturated carbocycles. The third kappa shape index (κ3) is 2.22. The number of rotatable bonds is 2. The van der Waals surface area contributed by atoms with Crippen LogP contribution in [0.3, 0.4) is 0 Å². The summed E-state index contributed by atoms with van der Waals surface area (Å²) in [6.07, 6.45) is 1.27. The highest BCUT2D eigenvalue weighted by Crippen LogP contribution is 1.99. The highest BCUT2D eigenvalue weighted by molar-refractivity contribution is 6.08. The fourth-order valence-corrected chi connectivity index (χ4v) is 1.51. The van der Waals surface area contributed by atoms with E-state index >= 15 is 0 Å². The van der Waals surface area contributed by atoms with Crippen LogP contribution < -0.4 is 0 Å². The summed E-state index contributed by atoms with van der Waals surface area (Å²) in [4.78, 5) is 0. The minimum atomic E-state index is 1.27. The third-order valence-electron chi connectivity index (χ3n) is 1.38. The average Bonchev–Trinajstić information content (AvgIpc) is 1.91. The average molecular weight is 134 g/mol. The van der Waals surface area contributed by atoms with Crippen molar-refractivity contribution in [1.29, 1.82) is 0 Å². The van der Waals surface area contributed by atoms with Gasteiger partial charge < -0.3 is 0 Å². The molecular weight excluding hydrogens is 123 g/mol. The monoisotopic (exact) mass is 134 g/mol. The van der Waals surface area contributed by atoms with E-state index in [2.05, 4.69) is 30.3 Å². The summed E-state index contributed by atoms with van der Waals surface area (Å²) in [5.74, 6) is 0. The summed E-state index contributed by atoms with van der Waals surface area (Å²) in [6.45, 7) is 0. The topological polar surface area (TPSA) is 0 Å². The second-order valence-electron chi connectivity index (χ2n) is 2.24. The largest absolute Gasteiger partial charge is 0.212 e. The molecule has 0 radical (unpaired) electrons. The zero-order chi connectivity index (χ0) is 6.53. The molecule has 0 spiro atoms. The van der Waals surface area contributed by atoms with Crippen molar-refractivity contribution in [3.63, 3.8) is 0 Å². The van der Waals surface area contributed by atoms with Gasteiger partial charge in [-0.05, 0) is 12.0 Å². The molecule has 0 bridgehead atoms. The second-order valence-corrected chi connectivity index (χ2v) is 3.24. The summed E-state index contributed by atoms with van der Waals surface area (Å²) in [7, 11) is 0. The maximum absolute atomic E-state index is 2.19. The van der Waals surface area contributed by atoms with E-state index < -0.39 is 0 Å². The predicted octanol–water partition coefficient (Wildman–Crippen LogP) is 1.28. The van der Waals surface area contributed by atoms with Gasteiger partial charge in [0, 0.05) is 0 Å². The first-order valence-electron chi connectivity index (χ1n) is 3.47. The van der Waals surface area contributed by atoms with Crippen molar-refractivity contribution in [2.24, 2.45) is 0 Å². The van der Waals surface area contributed by atoms with Crippen LogP contribution in [0.15, 0.2) is 30.3 Å². The van der Waals surface area contributed by atoms with E-state index in [1.165, 1.54) is 33.6 Å². The highest BCUT2D eigenvalue weighted by atomic mass is 27.0. The molecule has 0 aliphatic carbocycles. The van der Waals surface area contributed by atoms with Gasteiger partial charge in [-0.2, -0.15) is 0 Å². The summed E-state index contributed by atoms with van der Waals surface area (Å²) in [5.41, 5.74) is 1.48. The maximum atomic E-state index is 2.19. The molecule has 46 valence electrons. The van der Waals surface area contributed by atoms with E-state index in [-0.39, 0.29) is 0 Å². The molecule has 0 saturated heterocycles. The summed E-state index contributed by atoms with van der Waals surface area (Å²) < 4.78 is 0. The van der Waals surface area contributed by atoms with Gasteiger partial charge in [0.1, 0.15) is 0 Å². The summed E-state index contributed by atoms with van der Waals surface area (Å²) in [5, 5.41) is 1.38. The van der Waals surface area contributed by atoms with Gasteiger partial charge >= 0.3 is 0 Å². The number of aryl methyl sites for hydroxylation is 1. The highest BCUT2D eigenvalue weighted by Gasteiger charge is 1.84. The van der Waals surface area contributed by atoms with Crippen LogP contribution in [0, 0.1) is 0 Å². The Balaban J connectivity index is 2.61. The Morgan fingerprint density at radius 1 is 1.11 bits per heavy atom. The molecule has 9 heavy (non-hydrogen) atoms. The van der Waals surface area contributed by atoms with E-state index in [4.69, 9.17) is 0 Å². The van der Waals surface area contributed by atoms with Gasteiger partial charge in [-0.1, -0.05) is 35.6 Å². The van der Waals surface area contributed by atoms with Crippen LogP contribution in [0.1, 0.15) is 5.56 Å². The van der Waals surface area contributed by atoms with Crippen molar-refractivity contribution < 1.29 is 0 Å². The van der Waals surface area contributed by atoms with Crippen molar-refractivity contribution in [2.75, 3.05) is 0 Å². The van der Waals surface area contributed by atoms with Gasteiger partial charge in [0.2, 0.25) is 16.3 Å². The van der Waals surface area contributed by atoms with E-state index in [0.717, 1.165) is 0 Å². The standard InChI is InChI=1S/C8H9.Al.2H/c1-2-8-6-4-3-5-7-8;;;/h3-7H,1-2H2;;;. The molecule has 0 aliphatic heterocycles. The molecule has 0 heterocycles. The molecule has 0 aliphatic rings. The molecule has 0 amide bonds. The molecule has 1 rings (SSSR count). The van der Waals surface area contributed by atoms with Gasteiger partial charge in [0.15, 0.2) is 0 Å². The van der Waals surface area contributed by atoms with Gasteiger partial charge in [-0.3, -0.25) is 0 Å². The zero-order valence-electron chi connectivity index (χ0n) is 5.80. The normalized spacial score (nSPS) is 9.33. The van der Waals surface area contributed by atoms with E-state index in [0.29, 0.717) is 0 Å². The molecule has 0 atom stereocenters. The minimum absolute atomic E-state index is 1.27. The fraction of sp³-hybridized carbons (Fsp3) is 0.250. The zero-order valence-corrected chi connectivity index (χ0v) is 7.80. The lowest BCUT2D eigenvalue weighted by molar-refractivity contribution is 1.13. The smallest absolute Gasteiger partial charge is 0.0973 e. The molecular formula is C8H11Al. The molecule has 1 aromatic rings. The Morgan fingerprint density at radius 3 is 2.33 bits per heavy atom. The second kappa shape index (κ2) is 3.72. The van der Waals surface area contributed by atoms with Crippen LogP contribution in [0.5, 0.6) is 0 Å². The molecule has 0 N–H and O–H groups in total. The van der Waals surface area contributed by atoms with E-state index in [1.807, 2.05) is 0 Å². The lowest BCUT2D eigenvalue weighted by Crippen LogP contribution is -1.80. The van der Waals surface area contributed by atoms with Gasteiger partial charge in [0.25, 0.3) is 0 Å². The van der Waals surface area contributed by atoms with Gasteiger partial charge in [-0.15, -0.1) is 0 Å². The molecule has 0 unspecified atom stereocenters. The SMILES string of the molecule is [AlH2][CH2]Cc1ccccc1. The summed E-state index contributed by atoms with van der Waals surface area (Å²) >= 11 is 1.32. The van der Waals surface area contributed by atoms with E-state index in [1.54, 1.807) is 0 Å². The first-order valence-corrected chi connectivity index (χ1v) is 4.89. The van der Waals surface area contributed by atoms with Crippen molar-refractivity contribution in [3.05, 3.63) is 35.9 Å². The van der Waals surface area contributed by atoms with Crippen molar-refractivity contribution in [1.82, 2.24) is 0 Å². The van der Waals surface area contributed by atoms with Crippen LogP contribution in [0.2, 0.25) is 5.28 Å². The number of hydrogen-bond donors (Lipinski definition) is 0. The Morgan fingerprint density at radius 2 is 1.78 bits per heavy atom. The van der Waals surface area contributed by atoms with Crippen LogP contribution >= 0.6 is 0 Å². The van der Waals surface area contributed by atoms with Gasteiger partial charge in [-0.25, -0.2) is 0 Å². The quantitative estimate of drug-likeness (QED) is 0.534. The number of hydrogen-bond acceptors (Lipinski definition) is 0. The number of benzene rings is 1. The lowest BCUT2D eigenvalue weighted by atomic mass is 10.2. The third-order valence-corrected chi connectivity index (χ3v) is 1.88. The Hall–Kier alpha value is -0.248. The minimum Gasteiger partial charge on any atom is -0.0973 e. The van der Waals surface area contributed by atoms with Crippen molar-refractivity contribution in [2.45, 2.75) is 11.7 Å². The van der Waals surface area contributed by atoms with E-state index in [9.17, 15) is 0 Å². The molecule has 0 aromatic heterocycles. The molecule has 1 heteroatoms. The Labute approximate surface area is 64.3 Å². The van der Waals surface area contributed by atoms with Crippen LogP contribution in [0.4, 0.5) is 0 Å². The molecule has 0 nitrogen and oxygen atoms in total. The van der Waals surface area contributed by atoms with Crippen LogP contribution in [-0.4, -0.2) is 16.3 Å². The first-order chi connectivity index (χ1) is 4.43. The maximum Gasteiger partial charge on any atom is 0.212 e. The van der Waals surface area contributed by atoms with Crippen molar-refractivity contribution in [3.8, 4) is 0 Å². The molecule has 0 fully saturated rings. The lowest BCUT2D eigenvalue weighted by Gasteiger charge is -1.93. The Bertz CT molecular complexity index is 157. The van der Waals surface area contributed by atoms with Crippen LogP contribution in [0.25, 0.3) is 0 Å². The predicted molar refractivity (Wildman–Crippen MR) is 43.5 cm³/mol. The fourth-order valence-electron chi connectivity index (χ4n) is 0.933. The molecule has 1 aromatic carbocycles. The van der Waals surface area contributed by atoms with Crippen molar-refractivity contribution >= 4 is 16.3 Å². The first kappa shape index (κ1) is 6.87. The Kier molecular flexibility index (Phi) is 2.84.